The number of hydrogen-bond donors (Lipinski definition) is 1. The van der Waals surface area contributed by atoms with Crippen LogP contribution in [-0.2, 0) is 14.3 Å². The van der Waals surface area contributed by atoms with E-state index in [0.717, 1.165) is 57.8 Å². The standard InChI is InChI=1S/C22H38O4/c1-3-5-7-9-12-16-20(17-13-10-8-6-4-2)26-22(25)19-15-11-14-18-21(23)24/h7-10,20H,3-6,11-19H2,1-2H3,(H,23,24)/b9-7-,10-8-. The molecule has 0 spiro atoms. The molecule has 1 N–H and O–H groups in total. The van der Waals surface area contributed by atoms with Crippen molar-refractivity contribution in [2.45, 2.75) is 103 Å². The highest BCUT2D eigenvalue weighted by molar-refractivity contribution is 5.69. The maximum Gasteiger partial charge on any atom is 0.306 e. The summed E-state index contributed by atoms with van der Waals surface area (Å²) in [6.07, 6.45) is 19.5. The molecule has 0 fully saturated rings. The Morgan fingerprint density at radius 1 is 0.808 bits per heavy atom. The molecule has 0 aromatic carbocycles. The molecule has 0 amide bonds. The monoisotopic (exact) mass is 366 g/mol. The van der Waals surface area contributed by atoms with Gasteiger partial charge in [0.2, 0.25) is 0 Å². The second-order valence-corrected chi connectivity index (χ2v) is 6.74. The van der Waals surface area contributed by atoms with Crippen LogP contribution in [0.25, 0.3) is 0 Å². The summed E-state index contributed by atoms with van der Waals surface area (Å²) in [5.41, 5.74) is 0. The number of carboxylic acid groups (broad SMARTS) is 1. The van der Waals surface area contributed by atoms with Crippen LogP contribution < -0.4 is 0 Å². The van der Waals surface area contributed by atoms with Crippen molar-refractivity contribution in [3.63, 3.8) is 0 Å². The molecule has 0 radical (unpaired) electrons. The predicted molar refractivity (Wildman–Crippen MR) is 107 cm³/mol. The lowest BCUT2D eigenvalue weighted by atomic mass is 10.1. The van der Waals surface area contributed by atoms with Crippen molar-refractivity contribution >= 4 is 11.9 Å². The van der Waals surface area contributed by atoms with Crippen molar-refractivity contribution in [1.29, 1.82) is 0 Å². The molecule has 0 bridgehead atoms. The number of carbonyl (C=O) groups excluding carboxylic acids is 1. The van der Waals surface area contributed by atoms with Gasteiger partial charge in [0.15, 0.2) is 0 Å². The first-order valence-corrected chi connectivity index (χ1v) is 10.3. The maximum atomic E-state index is 12.0. The van der Waals surface area contributed by atoms with E-state index in [0.29, 0.717) is 19.3 Å². The number of ether oxygens (including phenoxy) is 1. The second-order valence-electron chi connectivity index (χ2n) is 6.74. The average molecular weight is 367 g/mol. The molecule has 0 saturated heterocycles. The summed E-state index contributed by atoms with van der Waals surface area (Å²) < 4.78 is 5.67. The molecule has 0 rings (SSSR count). The Morgan fingerprint density at radius 2 is 1.31 bits per heavy atom. The highest BCUT2D eigenvalue weighted by Crippen LogP contribution is 2.14. The van der Waals surface area contributed by atoms with Crippen molar-refractivity contribution in [3.8, 4) is 0 Å². The van der Waals surface area contributed by atoms with E-state index in [1.54, 1.807) is 0 Å². The zero-order chi connectivity index (χ0) is 19.5. The summed E-state index contributed by atoms with van der Waals surface area (Å²) in [5.74, 6) is -0.930. The Morgan fingerprint density at radius 3 is 1.81 bits per heavy atom. The third-order valence-corrected chi connectivity index (χ3v) is 4.12. The molecule has 150 valence electrons. The largest absolute Gasteiger partial charge is 0.481 e. The molecule has 4 nitrogen and oxygen atoms in total. The molecule has 0 aliphatic rings. The molecule has 26 heavy (non-hydrogen) atoms. The zero-order valence-electron chi connectivity index (χ0n) is 16.8. The molecule has 0 aliphatic heterocycles. The fourth-order valence-electron chi connectivity index (χ4n) is 2.60. The van der Waals surface area contributed by atoms with E-state index in [-0.39, 0.29) is 18.5 Å². The molecular weight excluding hydrogens is 328 g/mol. The van der Waals surface area contributed by atoms with Gasteiger partial charge in [0.25, 0.3) is 0 Å². The van der Waals surface area contributed by atoms with Crippen LogP contribution in [0, 0.1) is 0 Å². The lowest BCUT2D eigenvalue weighted by molar-refractivity contribution is -0.149. The van der Waals surface area contributed by atoms with Gasteiger partial charge in [-0.25, -0.2) is 0 Å². The van der Waals surface area contributed by atoms with Crippen LogP contribution in [0.15, 0.2) is 24.3 Å². The Balaban J connectivity index is 4.16. The lowest BCUT2D eigenvalue weighted by Crippen LogP contribution is -2.18. The first-order chi connectivity index (χ1) is 12.6. The fourth-order valence-corrected chi connectivity index (χ4v) is 2.60. The van der Waals surface area contributed by atoms with Gasteiger partial charge >= 0.3 is 11.9 Å². The Bertz CT molecular complexity index is 392. The number of rotatable bonds is 17. The van der Waals surface area contributed by atoms with Gasteiger partial charge in [0.1, 0.15) is 6.10 Å². The van der Waals surface area contributed by atoms with Gasteiger partial charge in [-0.05, 0) is 51.4 Å². The molecule has 0 unspecified atom stereocenters. The van der Waals surface area contributed by atoms with Crippen LogP contribution in [0.2, 0.25) is 0 Å². The molecule has 0 aromatic rings. The van der Waals surface area contributed by atoms with Crippen LogP contribution in [0.4, 0.5) is 0 Å². The van der Waals surface area contributed by atoms with E-state index in [4.69, 9.17) is 9.84 Å². The van der Waals surface area contributed by atoms with Gasteiger partial charge in [-0.3, -0.25) is 9.59 Å². The zero-order valence-corrected chi connectivity index (χ0v) is 16.8. The van der Waals surface area contributed by atoms with Gasteiger partial charge in [-0.1, -0.05) is 57.4 Å². The van der Waals surface area contributed by atoms with Crippen LogP contribution in [-0.4, -0.2) is 23.1 Å². The van der Waals surface area contributed by atoms with E-state index in [9.17, 15) is 9.59 Å². The fraction of sp³-hybridized carbons (Fsp3) is 0.727. The molecule has 4 heteroatoms. The topological polar surface area (TPSA) is 63.6 Å². The van der Waals surface area contributed by atoms with Gasteiger partial charge in [0.05, 0.1) is 0 Å². The van der Waals surface area contributed by atoms with E-state index in [1.165, 1.54) is 0 Å². The molecule has 0 aromatic heterocycles. The SMILES string of the molecule is CCC/C=C\CCC(CC/C=C\CCC)OC(=O)CCCCCC(=O)O. The van der Waals surface area contributed by atoms with Gasteiger partial charge < -0.3 is 9.84 Å². The highest BCUT2D eigenvalue weighted by Gasteiger charge is 2.13. The van der Waals surface area contributed by atoms with E-state index < -0.39 is 5.97 Å². The first kappa shape index (κ1) is 24.4. The summed E-state index contributed by atoms with van der Waals surface area (Å²) in [6, 6.07) is 0. The third kappa shape index (κ3) is 17.2. The van der Waals surface area contributed by atoms with Gasteiger partial charge in [-0.2, -0.15) is 0 Å². The summed E-state index contributed by atoms with van der Waals surface area (Å²) in [4.78, 5) is 22.5. The Kier molecular flexibility index (Phi) is 17.1. The smallest absolute Gasteiger partial charge is 0.306 e. The first-order valence-electron chi connectivity index (χ1n) is 10.3. The van der Waals surface area contributed by atoms with E-state index in [2.05, 4.69) is 38.2 Å². The highest BCUT2D eigenvalue weighted by atomic mass is 16.5. The third-order valence-electron chi connectivity index (χ3n) is 4.12. The number of hydrogen-bond acceptors (Lipinski definition) is 3. The minimum atomic E-state index is -0.778. The number of carbonyl (C=O) groups is 2. The number of unbranched alkanes of at least 4 members (excludes halogenated alkanes) is 4. The van der Waals surface area contributed by atoms with Crippen molar-refractivity contribution in [2.75, 3.05) is 0 Å². The van der Waals surface area contributed by atoms with Crippen LogP contribution in [0.1, 0.15) is 97.3 Å². The van der Waals surface area contributed by atoms with Crippen LogP contribution in [0.3, 0.4) is 0 Å². The van der Waals surface area contributed by atoms with E-state index in [1.807, 2.05) is 0 Å². The maximum absolute atomic E-state index is 12.0. The normalized spacial score (nSPS) is 11.7. The van der Waals surface area contributed by atoms with Crippen molar-refractivity contribution < 1.29 is 19.4 Å². The minimum absolute atomic E-state index is 0.0286. The summed E-state index contributed by atoms with van der Waals surface area (Å²) in [5, 5.41) is 8.61. The Hall–Kier alpha value is -1.58. The quantitative estimate of drug-likeness (QED) is 0.189. The number of allylic oxidation sites excluding steroid dienone is 4. The van der Waals surface area contributed by atoms with Crippen molar-refractivity contribution in [2.24, 2.45) is 0 Å². The molecule has 0 atom stereocenters. The van der Waals surface area contributed by atoms with Gasteiger partial charge in [-0.15, -0.1) is 0 Å². The molecular formula is C22H38O4. The second kappa shape index (κ2) is 18.2. The summed E-state index contributed by atoms with van der Waals surface area (Å²) >= 11 is 0. The predicted octanol–water partition coefficient (Wildman–Crippen LogP) is 6.21. The average Bonchev–Trinajstić information content (AvgIpc) is 2.60. The minimum Gasteiger partial charge on any atom is -0.481 e. The number of carboxylic acids is 1. The summed E-state index contributed by atoms with van der Waals surface area (Å²) in [7, 11) is 0. The number of aliphatic carboxylic acids is 1. The summed E-state index contributed by atoms with van der Waals surface area (Å²) in [6.45, 7) is 4.32. The molecule has 0 aliphatic carbocycles. The molecule has 0 heterocycles. The van der Waals surface area contributed by atoms with Crippen molar-refractivity contribution in [3.05, 3.63) is 24.3 Å². The van der Waals surface area contributed by atoms with Gasteiger partial charge in [0, 0.05) is 12.8 Å². The number of esters is 1. The Labute approximate surface area is 159 Å². The molecule has 0 saturated carbocycles. The van der Waals surface area contributed by atoms with Crippen LogP contribution >= 0.6 is 0 Å². The van der Waals surface area contributed by atoms with Crippen molar-refractivity contribution in [1.82, 2.24) is 0 Å². The van der Waals surface area contributed by atoms with E-state index >= 15 is 0 Å². The lowest BCUT2D eigenvalue weighted by Gasteiger charge is -2.16. The van der Waals surface area contributed by atoms with Crippen LogP contribution in [0.5, 0.6) is 0 Å².